The second kappa shape index (κ2) is 6.88. The molecule has 0 saturated carbocycles. The van der Waals surface area contributed by atoms with Gasteiger partial charge in [-0.3, -0.25) is 0 Å². The second-order valence-electron chi connectivity index (χ2n) is 5.95. The zero-order valence-corrected chi connectivity index (χ0v) is 13.2. The van der Waals surface area contributed by atoms with Crippen LogP contribution >= 0.6 is 0 Å². The number of nitrogens with zero attached hydrogens (tertiary/aromatic N) is 5. The highest BCUT2D eigenvalue weighted by Crippen LogP contribution is 2.19. The zero-order chi connectivity index (χ0) is 14.5. The lowest BCUT2D eigenvalue weighted by atomic mass is 10.00. The topological polar surface area (TPSA) is 35.5 Å². The maximum absolute atomic E-state index is 4.58. The van der Waals surface area contributed by atoms with Crippen LogP contribution in [0.4, 0.5) is 11.8 Å². The number of anilines is 2. The molecule has 0 aliphatic carbocycles. The lowest BCUT2D eigenvalue weighted by Gasteiger charge is -2.33. The Morgan fingerprint density at radius 1 is 1.30 bits per heavy atom. The normalized spacial score (nSPS) is 19.9. The molecule has 0 aromatic carbocycles. The van der Waals surface area contributed by atoms with Crippen LogP contribution in [0.2, 0.25) is 0 Å². The Morgan fingerprint density at radius 2 is 2.10 bits per heavy atom. The highest BCUT2D eigenvalue weighted by molar-refractivity contribution is 5.42. The van der Waals surface area contributed by atoms with E-state index in [1.165, 1.54) is 32.2 Å². The van der Waals surface area contributed by atoms with E-state index in [4.69, 9.17) is 0 Å². The summed E-state index contributed by atoms with van der Waals surface area (Å²) in [6.07, 6.45) is 7.09. The van der Waals surface area contributed by atoms with E-state index in [-0.39, 0.29) is 0 Å². The zero-order valence-electron chi connectivity index (χ0n) is 13.2. The fourth-order valence-electron chi connectivity index (χ4n) is 2.73. The van der Waals surface area contributed by atoms with E-state index in [0.29, 0.717) is 0 Å². The Labute approximate surface area is 122 Å². The van der Waals surface area contributed by atoms with E-state index in [2.05, 4.69) is 33.9 Å². The minimum Gasteiger partial charge on any atom is -0.359 e. The summed E-state index contributed by atoms with van der Waals surface area (Å²) in [5.74, 6) is 1.77. The number of piperidine rings is 1. The Hall–Kier alpha value is -1.36. The molecule has 112 valence electrons. The van der Waals surface area contributed by atoms with Gasteiger partial charge in [-0.1, -0.05) is 6.42 Å². The van der Waals surface area contributed by atoms with Gasteiger partial charge in [-0.2, -0.15) is 4.98 Å². The van der Waals surface area contributed by atoms with E-state index in [1.807, 2.05) is 31.3 Å². The molecule has 1 unspecified atom stereocenters. The van der Waals surface area contributed by atoms with Crippen LogP contribution in [0.3, 0.4) is 0 Å². The Kier molecular flexibility index (Phi) is 5.17. The molecule has 0 amide bonds. The quantitative estimate of drug-likeness (QED) is 0.821. The third-order valence-corrected chi connectivity index (χ3v) is 4.14. The van der Waals surface area contributed by atoms with Gasteiger partial charge in [0.25, 0.3) is 0 Å². The highest BCUT2D eigenvalue weighted by Gasteiger charge is 2.19. The molecule has 1 fully saturated rings. The van der Waals surface area contributed by atoms with E-state index < -0.39 is 0 Å². The molecular weight excluding hydrogens is 250 g/mol. The first-order chi connectivity index (χ1) is 9.58. The van der Waals surface area contributed by atoms with Crippen LogP contribution in [0, 0.1) is 0 Å². The molecule has 0 spiro atoms. The maximum atomic E-state index is 4.58. The van der Waals surface area contributed by atoms with Crippen molar-refractivity contribution in [1.82, 2.24) is 14.9 Å². The molecular formula is C15H27N5. The summed E-state index contributed by atoms with van der Waals surface area (Å²) < 4.78 is 0. The maximum Gasteiger partial charge on any atom is 0.226 e. The van der Waals surface area contributed by atoms with Gasteiger partial charge in [-0.15, -0.1) is 0 Å². The van der Waals surface area contributed by atoms with E-state index in [1.54, 1.807) is 0 Å². The lowest BCUT2D eigenvalue weighted by molar-refractivity contribution is 0.178. The largest absolute Gasteiger partial charge is 0.359 e. The predicted octanol–water partition coefficient (Wildman–Crippen LogP) is 1.85. The van der Waals surface area contributed by atoms with Crippen LogP contribution in [-0.4, -0.2) is 62.2 Å². The molecule has 1 aliphatic heterocycles. The van der Waals surface area contributed by atoms with Crippen LogP contribution < -0.4 is 9.80 Å². The molecule has 2 heterocycles. The average molecular weight is 277 g/mol. The first kappa shape index (κ1) is 15.0. The van der Waals surface area contributed by atoms with Crippen LogP contribution in [0.15, 0.2) is 12.3 Å². The van der Waals surface area contributed by atoms with Crippen molar-refractivity contribution in [3.05, 3.63) is 12.3 Å². The van der Waals surface area contributed by atoms with Crippen molar-refractivity contribution >= 4 is 11.8 Å². The Bertz CT molecular complexity index is 420. The molecule has 5 nitrogen and oxygen atoms in total. The number of hydrogen-bond acceptors (Lipinski definition) is 5. The summed E-state index contributed by atoms with van der Waals surface area (Å²) in [4.78, 5) is 15.5. The van der Waals surface area contributed by atoms with Gasteiger partial charge in [0.05, 0.1) is 0 Å². The van der Waals surface area contributed by atoms with Crippen molar-refractivity contribution in [3.63, 3.8) is 0 Å². The van der Waals surface area contributed by atoms with E-state index in [0.717, 1.165) is 24.4 Å². The molecule has 0 bridgehead atoms. The van der Waals surface area contributed by atoms with Crippen LogP contribution in [0.1, 0.15) is 25.7 Å². The van der Waals surface area contributed by atoms with Gasteiger partial charge in [0.1, 0.15) is 5.82 Å². The summed E-state index contributed by atoms with van der Waals surface area (Å²) in [6, 6.07) is 2.71. The van der Waals surface area contributed by atoms with Gasteiger partial charge in [-0.25, -0.2) is 4.98 Å². The standard InChI is InChI=1S/C15H27N5/c1-18(2)15-16-10-8-14(17-15)20(4)12-9-13-7-5-6-11-19(13)3/h8,10,13H,5-7,9,11-12H2,1-4H3. The minimum atomic E-state index is 0.723. The van der Waals surface area contributed by atoms with Crippen LogP contribution in [-0.2, 0) is 0 Å². The van der Waals surface area contributed by atoms with Gasteiger partial charge in [0, 0.05) is 39.9 Å². The third-order valence-electron chi connectivity index (χ3n) is 4.14. The summed E-state index contributed by atoms with van der Waals surface area (Å²) in [7, 11) is 8.30. The van der Waals surface area contributed by atoms with Crippen LogP contribution in [0.25, 0.3) is 0 Å². The number of hydrogen-bond donors (Lipinski definition) is 0. The summed E-state index contributed by atoms with van der Waals surface area (Å²) in [6.45, 7) is 2.28. The van der Waals surface area contributed by atoms with E-state index in [9.17, 15) is 0 Å². The number of likely N-dealkylation sites (tertiary alicyclic amines) is 1. The monoisotopic (exact) mass is 277 g/mol. The molecule has 1 atom stereocenters. The lowest BCUT2D eigenvalue weighted by Crippen LogP contribution is -2.38. The van der Waals surface area contributed by atoms with Gasteiger partial charge in [0.15, 0.2) is 0 Å². The Morgan fingerprint density at radius 3 is 2.80 bits per heavy atom. The fraction of sp³-hybridized carbons (Fsp3) is 0.733. The van der Waals surface area contributed by atoms with Crippen molar-refractivity contribution in [3.8, 4) is 0 Å². The highest BCUT2D eigenvalue weighted by atomic mass is 15.3. The minimum absolute atomic E-state index is 0.723. The molecule has 0 radical (unpaired) electrons. The molecule has 20 heavy (non-hydrogen) atoms. The average Bonchev–Trinajstić information content (AvgIpc) is 2.46. The van der Waals surface area contributed by atoms with E-state index >= 15 is 0 Å². The van der Waals surface area contributed by atoms with Crippen molar-refractivity contribution in [2.75, 3.05) is 51.1 Å². The first-order valence-electron chi connectivity index (χ1n) is 7.49. The Balaban J connectivity index is 1.91. The van der Waals surface area contributed by atoms with Crippen molar-refractivity contribution in [2.45, 2.75) is 31.7 Å². The molecule has 1 aromatic rings. The molecule has 0 N–H and O–H groups in total. The van der Waals surface area contributed by atoms with Crippen molar-refractivity contribution in [2.24, 2.45) is 0 Å². The number of aromatic nitrogens is 2. The van der Waals surface area contributed by atoms with Gasteiger partial charge >= 0.3 is 0 Å². The smallest absolute Gasteiger partial charge is 0.226 e. The molecule has 1 saturated heterocycles. The molecule has 1 aliphatic rings. The van der Waals surface area contributed by atoms with Gasteiger partial charge in [0.2, 0.25) is 5.95 Å². The second-order valence-corrected chi connectivity index (χ2v) is 5.95. The van der Waals surface area contributed by atoms with Crippen molar-refractivity contribution in [1.29, 1.82) is 0 Å². The third kappa shape index (κ3) is 3.82. The summed E-state index contributed by atoms with van der Waals surface area (Å²) >= 11 is 0. The molecule has 1 aromatic heterocycles. The summed E-state index contributed by atoms with van der Waals surface area (Å²) in [5.41, 5.74) is 0. The number of rotatable bonds is 5. The SMILES string of the molecule is CN(C)c1nccc(N(C)CCC2CCCCN2C)n1. The first-order valence-corrected chi connectivity index (χ1v) is 7.49. The molecule has 2 rings (SSSR count). The predicted molar refractivity (Wildman–Crippen MR) is 84.5 cm³/mol. The van der Waals surface area contributed by atoms with Gasteiger partial charge < -0.3 is 14.7 Å². The van der Waals surface area contributed by atoms with Crippen molar-refractivity contribution < 1.29 is 0 Å². The summed E-state index contributed by atoms with van der Waals surface area (Å²) in [5, 5.41) is 0. The van der Waals surface area contributed by atoms with Crippen LogP contribution in [0.5, 0.6) is 0 Å². The fourth-order valence-corrected chi connectivity index (χ4v) is 2.73. The molecule has 5 heteroatoms. The van der Waals surface area contributed by atoms with Gasteiger partial charge in [-0.05, 0) is 38.9 Å².